The van der Waals surface area contributed by atoms with Crippen molar-refractivity contribution < 1.29 is 79.0 Å². The van der Waals surface area contributed by atoms with Crippen LogP contribution in [-0.2, 0) is 35.5 Å². The summed E-state index contributed by atoms with van der Waals surface area (Å²) in [5.74, 6) is -45.2. The molecule has 0 atom stereocenters. The van der Waals surface area contributed by atoms with Gasteiger partial charge in [0.2, 0.25) is 0 Å². The van der Waals surface area contributed by atoms with Crippen LogP contribution in [0.15, 0.2) is 22.1 Å². The van der Waals surface area contributed by atoms with E-state index in [2.05, 4.69) is 47.8 Å². The lowest BCUT2D eigenvalue weighted by Gasteiger charge is -2.24. The average Bonchev–Trinajstić information content (AvgIpc) is 3.63. The Balaban J connectivity index is 0.000000157. The second-order valence-electron chi connectivity index (χ2n) is 9.45. The van der Waals surface area contributed by atoms with Crippen LogP contribution in [-0.4, -0.2) is 17.8 Å². The molecule has 0 radical (unpaired) electrons. The fraction of sp³-hybridized carbons (Fsp3) is 0.455. The van der Waals surface area contributed by atoms with Crippen LogP contribution in [0.1, 0.15) is 38.3 Å². The summed E-state index contributed by atoms with van der Waals surface area (Å²) in [6.07, 6.45) is 0. The highest BCUT2D eigenvalue weighted by atomic mass is 79.9. The van der Waals surface area contributed by atoms with Gasteiger partial charge in [0.15, 0.2) is 0 Å². The summed E-state index contributed by atoms with van der Waals surface area (Å²) in [6.45, 7) is 1.12. The van der Waals surface area contributed by atoms with Crippen LogP contribution in [0.4, 0.5) is 79.0 Å². The number of aryl methyl sites for hydroxylation is 1. The van der Waals surface area contributed by atoms with Crippen molar-refractivity contribution in [3.63, 3.8) is 0 Å². The maximum Gasteiger partial charge on any atom is 0.380 e. The molecule has 258 valence electrons. The van der Waals surface area contributed by atoms with E-state index in [9.17, 15) is 79.0 Å². The first-order chi connectivity index (χ1) is 20.3. The van der Waals surface area contributed by atoms with Crippen molar-refractivity contribution in [1.82, 2.24) is 0 Å². The Morgan fingerprint density at radius 2 is 0.717 bits per heavy atom. The second kappa shape index (κ2) is 10.6. The molecule has 0 spiro atoms. The van der Waals surface area contributed by atoms with E-state index in [-0.39, 0.29) is 8.66 Å². The van der Waals surface area contributed by atoms with Crippen molar-refractivity contribution in [2.45, 2.75) is 60.2 Å². The van der Waals surface area contributed by atoms with Crippen molar-refractivity contribution in [3.8, 4) is 0 Å². The maximum absolute atomic E-state index is 13.2. The predicted molar refractivity (Wildman–Crippen MR) is 139 cm³/mol. The van der Waals surface area contributed by atoms with E-state index in [4.69, 9.17) is 0 Å². The molecule has 0 fully saturated rings. The summed E-state index contributed by atoms with van der Waals surface area (Å²) in [5.41, 5.74) is -7.74. The summed E-state index contributed by atoms with van der Waals surface area (Å²) < 4.78 is 233. The van der Waals surface area contributed by atoms with E-state index in [0.717, 1.165) is 6.92 Å². The molecule has 3 heterocycles. The number of rotatable bonds is 0. The standard InChI is InChI=1S/C8H4F6S.C7Br2F6S.C7HBrF6S/c1-3-5-4(2-15-3)6(9,10)8(13,14)7(5,11)12;8-3-1-2(4(9)16-3)6(12,13)7(14,15)5(1,10)11;8-4-3-2(1-15-4)5(9,10)7(13,14)6(3,11)12/h2H,1H3;;1H. The molecule has 3 aliphatic rings. The average molecular weight is 947 g/mol. The van der Waals surface area contributed by atoms with Gasteiger partial charge in [-0.25, -0.2) is 0 Å². The fourth-order valence-electron chi connectivity index (χ4n) is 4.43. The highest BCUT2D eigenvalue weighted by Gasteiger charge is 2.82. The molecular formula is C22H5Br3F18S3. The Kier molecular flexibility index (Phi) is 8.81. The summed E-state index contributed by atoms with van der Waals surface area (Å²) in [6, 6.07) is 0. The minimum absolute atomic E-state index is 0.202. The molecule has 0 aromatic carbocycles. The van der Waals surface area contributed by atoms with E-state index in [1.807, 2.05) is 0 Å². The topological polar surface area (TPSA) is 0 Å². The number of alkyl halides is 18. The Bertz CT molecular complexity index is 1580. The number of fused-ring (bicyclic) bond motifs is 3. The van der Waals surface area contributed by atoms with Gasteiger partial charge in [-0.1, -0.05) is 0 Å². The van der Waals surface area contributed by atoms with E-state index in [1.54, 1.807) is 0 Å². The quantitative estimate of drug-likeness (QED) is 0.197. The molecule has 3 aromatic rings. The molecule has 6 rings (SSSR count). The van der Waals surface area contributed by atoms with Gasteiger partial charge in [0.05, 0.1) is 33.6 Å². The maximum atomic E-state index is 13.2. The molecule has 0 unspecified atom stereocenters. The summed E-state index contributed by atoms with van der Waals surface area (Å²) in [7, 11) is 0. The van der Waals surface area contributed by atoms with Gasteiger partial charge in [-0.2, -0.15) is 79.0 Å². The summed E-state index contributed by atoms with van der Waals surface area (Å²) >= 11 is 9.42. The molecule has 0 amide bonds. The zero-order valence-electron chi connectivity index (χ0n) is 20.8. The molecule has 3 aromatic heterocycles. The van der Waals surface area contributed by atoms with Gasteiger partial charge in [-0.3, -0.25) is 0 Å². The fourth-order valence-corrected chi connectivity index (χ4v) is 10.3. The van der Waals surface area contributed by atoms with Crippen LogP contribution >= 0.6 is 81.8 Å². The Hall–Kier alpha value is -0.720. The van der Waals surface area contributed by atoms with Gasteiger partial charge in [0.1, 0.15) is 0 Å². The van der Waals surface area contributed by atoms with E-state index in [0.29, 0.717) is 44.8 Å². The smallest absolute Gasteiger partial charge is 0.194 e. The molecule has 0 saturated heterocycles. The monoisotopic (exact) mass is 944 g/mol. The van der Waals surface area contributed by atoms with Crippen molar-refractivity contribution in [3.05, 3.63) is 60.4 Å². The number of hydrogen-bond donors (Lipinski definition) is 0. The Morgan fingerprint density at radius 3 is 1.09 bits per heavy atom. The van der Waals surface area contributed by atoms with Gasteiger partial charge >= 0.3 is 53.3 Å². The van der Waals surface area contributed by atoms with E-state index in [1.165, 1.54) is 0 Å². The minimum atomic E-state index is -5.41. The molecule has 0 aliphatic heterocycles. The van der Waals surface area contributed by atoms with Crippen molar-refractivity contribution >= 4 is 81.8 Å². The van der Waals surface area contributed by atoms with Crippen LogP contribution < -0.4 is 0 Å². The SMILES string of the molecule is Cc1scc2c1C(F)(F)C(F)(F)C2(F)F.FC1(F)c2c(Br)sc(Br)c2C(F)(F)C1(F)F.FC1(F)c2csc(Br)c2C(F)(F)C1(F)F. The number of thiophene rings is 3. The largest absolute Gasteiger partial charge is 0.380 e. The third kappa shape index (κ3) is 4.49. The van der Waals surface area contributed by atoms with E-state index < -0.39 is 94.3 Å². The van der Waals surface area contributed by atoms with Crippen LogP contribution in [0.3, 0.4) is 0 Å². The van der Waals surface area contributed by atoms with Crippen molar-refractivity contribution in [1.29, 1.82) is 0 Å². The minimum Gasteiger partial charge on any atom is -0.194 e. The third-order valence-corrected chi connectivity index (χ3v) is 12.0. The molecule has 0 nitrogen and oxygen atoms in total. The zero-order valence-corrected chi connectivity index (χ0v) is 28.0. The highest BCUT2D eigenvalue weighted by Crippen LogP contribution is 2.68. The van der Waals surface area contributed by atoms with Crippen molar-refractivity contribution in [2.75, 3.05) is 0 Å². The third-order valence-electron chi connectivity index (χ3n) is 6.84. The molecule has 0 bridgehead atoms. The normalized spacial score (nSPS) is 25.0. The summed E-state index contributed by atoms with van der Waals surface area (Å²) in [5, 5.41) is 1.29. The van der Waals surface area contributed by atoms with Gasteiger partial charge in [0, 0.05) is 26.8 Å². The van der Waals surface area contributed by atoms with E-state index >= 15 is 0 Å². The first kappa shape index (κ1) is 38.1. The van der Waals surface area contributed by atoms with Crippen LogP contribution in [0.2, 0.25) is 0 Å². The van der Waals surface area contributed by atoms with Crippen LogP contribution in [0.5, 0.6) is 0 Å². The Morgan fingerprint density at radius 1 is 0.413 bits per heavy atom. The summed E-state index contributed by atoms with van der Waals surface area (Å²) in [4.78, 5) is -0.202. The molecule has 24 heteroatoms. The predicted octanol–water partition coefficient (Wildman–Crippen LogP) is 13.3. The lowest BCUT2D eigenvalue weighted by atomic mass is 10.1. The molecule has 46 heavy (non-hydrogen) atoms. The van der Waals surface area contributed by atoms with Gasteiger partial charge in [0.25, 0.3) is 0 Å². The molecule has 0 saturated carbocycles. The first-order valence-corrected chi connectivity index (χ1v) is 16.0. The van der Waals surface area contributed by atoms with Crippen LogP contribution in [0, 0.1) is 6.92 Å². The van der Waals surface area contributed by atoms with Gasteiger partial charge in [-0.05, 0) is 54.7 Å². The molecular weight excluding hydrogens is 942 g/mol. The lowest BCUT2D eigenvalue weighted by molar-refractivity contribution is -0.302. The van der Waals surface area contributed by atoms with Crippen molar-refractivity contribution in [2.24, 2.45) is 0 Å². The molecule has 0 N–H and O–H groups in total. The number of halogens is 21. The Labute approximate surface area is 280 Å². The lowest BCUT2D eigenvalue weighted by Crippen LogP contribution is -2.43. The van der Waals surface area contributed by atoms with Gasteiger partial charge in [-0.15, -0.1) is 34.0 Å². The second-order valence-corrected chi connectivity index (χ2v) is 16.4. The number of hydrogen-bond acceptors (Lipinski definition) is 3. The highest BCUT2D eigenvalue weighted by molar-refractivity contribution is 9.12. The zero-order chi connectivity index (χ0) is 35.8. The van der Waals surface area contributed by atoms with Gasteiger partial charge < -0.3 is 0 Å². The molecule has 3 aliphatic carbocycles. The van der Waals surface area contributed by atoms with Crippen LogP contribution in [0.25, 0.3) is 0 Å². The first-order valence-electron chi connectivity index (χ1n) is 11.1.